The molecule has 0 unspecified atom stereocenters. The molecule has 4 nitrogen and oxygen atoms in total. The Morgan fingerprint density at radius 1 is 0.800 bits per heavy atom. The van der Waals surface area contributed by atoms with Gasteiger partial charge in [0, 0.05) is 11.1 Å². The first kappa shape index (κ1) is 16.5. The third kappa shape index (κ3) is 3.28. The van der Waals surface area contributed by atoms with Crippen LogP contribution in [-0.2, 0) is 0 Å². The molecule has 0 aliphatic carbocycles. The lowest BCUT2D eigenvalue weighted by molar-refractivity contribution is 0.103. The first-order valence-corrected chi connectivity index (χ1v) is 7.74. The number of hydrogen-bond acceptors (Lipinski definition) is 4. The zero-order valence-corrected chi connectivity index (χ0v) is 13.6. The van der Waals surface area contributed by atoms with E-state index in [0.717, 1.165) is 17.2 Å². The smallest absolute Gasteiger partial charge is 0.261 e. The fourth-order valence-corrected chi connectivity index (χ4v) is 2.64. The molecule has 3 rings (SSSR count). The molecule has 3 aromatic rings. The number of ketones is 1. The second kappa shape index (κ2) is 6.61. The Balaban J connectivity index is 2.01. The monoisotopic (exact) mass is 332 g/mol. The Kier molecular flexibility index (Phi) is 4.35. The Hall–Kier alpha value is -3.40. The van der Waals surface area contributed by atoms with Crippen LogP contribution in [0.5, 0.6) is 11.5 Å². The van der Waals surface area contributed by atoms with E-state index < -0.39 is 16.9 Å². The topological polar surface area (TPSA) is 74.6 Å². The van der Waals surface area contributed by atoms with Crippen LogP contribution in [0.15, 0.2) is 71.5 Å². The lowest BCUT2D eigenvalue weighted by atomic mass is 9.98. The van der Waals surface area contributed by atoms with Gasteiger partial charge in [-0.25, -0.2) is 0 Å². The van der Waals surface area contributed by atoms with Gasteiger partial charge in [-0.2, -0.15) is 0 Å². The first-order chi connectivity index (χ1) is 12.0. The fourth-order valence-electron chi connectivity index (χ4n) is 2.64. The predicted molar refractivity (Wildman–Crippen MR) is 96.1 cm³/mol. The van der Waals surface area contributed by atoms with Crippen molar-refractivity contribution in [1.82, 2.24) is 0 Å². The van der Waals surface area contributed by atoms with Crippen molar-refractivity contribution in [1.29, 1.82) is 0 Å². The van der Waals surface area contributed by atoms with Crippen LogP contribution in [0.3, 0.4) is 0 Å². The molecule has 124 valence electrons. The third-order valence-electron chi connectivity index (χ3n) is 4.02. The molecule has 0 bridgehead atoms. The summed E-state index contributed by atoms with van der Waals surface area (Å²) in [4.78, 5) is 24.4. The number of benzene rings is 2. The molecule has 25 heavy (non-hydrogen) atoms. The van der Waals surface area contributed by atoms with Crippen LogP contribution in [0.4, 0.5) is 0 Å². The molecule has 0 heterocycles. The van der Waals surface area contributed by atoms with Crippen molar-refractivity contribution in [3.63, 3.8) is 0 Å². The van der Waals surface area contributed by atoms with Gasteiger partial charge in [-0.1, -0.05) is 54.6 Å². The van der Waals surface area contributed by atoms with Crippen LogP contribution in [0.1, 0.15) is 21.5 Å². The number of aromatic hydroxyl groups is 2. The maximum Gasteiger partial charge on any atom is 0.261 e. The van der Waals surface area contributed by atoms with Crippen molar-refractivity contribution in [2.24, 2.45) is 0 Å². The molecule has 0 amide bonds. The van der Waals surface area contributed by atoms with Gasteiger partial charge < -0.3 is 10.2 Å². The maximum atomic E-state index is 12.7. The van der Waals surface area contributed by atoms with Crippen LogP contribution >= 0.6 is 0 Å². The lowest BCUT2D eigenvalue weighted by Crippen LogP contribution is -2.02. The highest BCUT2D eigenvalue weighted by molar-refractivity contribution is 6.10. The maximum absolute atomic E-state index is 12.7. The highest BCUT2D eigenvalue weighted by Gasteiger charge is 2.15. The van der Waals surface area contributed by atoms with Gasteiger partial charge >= 0.3 is 0 Å². The summed E-state index contributed by atoms with van der Waals surface area (Å²) < 4.78 is 0. The Labute approximate surface area is 144 Å². The molecule has 0 atom stereocenters. The molecule has 0 aromatic heterocycles. The number of aryl methyl sites for hydroxylation is 1. The second-order valence-electron chi connectivity index (χ2n) is 5.76. The Morgan fingerprint density at radius 3 is 2.00 bits per heavy atom. The van der Waals surface area contributed by atoms with Crippen LogP contribution < -0.4 is 5.43 Å². The molecule has 0 fully saturated rings. The molecule has 3 aromatic carbocycles. The van der Waals surface area contributed by atoms with Gasteiger partial charge in [0.05, 0.1) is 0 Å². The van der Waals surface area contributed by atoms with Gasteiger partial charge in [-0.15, -0.1) is 0 Å². The highest BCUT2D eigenvalue weighted by atomic mass is 16.3. The normalized spacial score (nSPS) is 10.4. The van der Waals surface area contributed by atoms with E-state index in [0.29, 0.717) is 11.1 Å². The highest BCUT2D eigenvalue weighted by Crippen LogP contribution is 2.22. The molecule has 2 N–H and O–H groups in total. The second-order valence-corrected chi connectivity index (χ2v) is 5.76. The molecule has 0 radical (unpaired) electrons. The molecule has 4 heteroatoms. The van der Waals surface area contributed by atoms with Crippen molar-refractivity contribution < 1.29 is 15.0 Å². The minimum atomic E-state index is -0.901. The molecular formula is C21H16O4. The average molecular weight is 332 g/mol. The van der Waals surface area contributed by atoms with Crippen molar-refractivity contribution in [3.05, 3.63) is 93.6 Å². The first-order valence-electron chi connectivity index (χ1n) is 7.74. The summed E-state index contributed by atoms with van der Waals surface area (Å²) in [5.41, 5.74) is 2.13. The summed E-state index contributed by atoms with van der Waals surface area (Å²) in [6.45, 7) is 1.60. The van der Waals surface area contributed by atoms with E-state index >= 15 is 0 Å². The van der Waals surface area contributed by atoms with Gasteiger partial charge in [-0.3, -0.25) is 9.59 Å². The molecule has 0 aliphatic heterocycles. The van der Waals surface area contributed by atoms with Crippen LogP contribution in [-0.4, -0.2) is 16.0 Å². The van der Waals surface area contributed by atoms with E-state index in [1.54, 1.807) is 19.1 Å². The van der Waals surface area contributed by atoms with Gasteiger partial charge in [-0.05, 0) is 35.7 Å². The van der Waals surface area contributed by atoms with Crippen LogP contribution in [0.2, 0.25) is 0 Å². The third-order valence-corrected chi connectivity index (χ3v) is 4.02. The summed E-state index contributed by atoms with van der Waals surface area (Å²) in [6.07, 6.45) is 0. The summed E-state index contributed by atoms with van der Waals surface area (Å²) in [7, 11) is 0. The van der Waals surface area contributed by atoms with Crippen molar-refractivity contribution in [2.45, 2.75) is 6.92 Å². The van der Waals surface area contributed by atoms with E-state index in [4.69, 9.17) is 0 Å². The van der Waals surface area contributed by atoms with E-state index in [1.807, 2.05) is 42.5 Å². The number of hydrogen-bond donors (Lipinski definition) is 2. The molecule has 0 saturated carbocycles. The quantitative estimate of drug-likeness (QED) is 0.718. The Bertz CT molecular complexity index is 991. The minimum Gasteiger partial charge on any atom is -0.504 e. The summed E-state index contributed by atoms with van der Waals surface area (Å²) in [6, 6.07) is 19.2. The number of rotatable bonds is 3. The van der Waals surface area contributed by atoms with Crippen molar-refractivity contribution >= 4 is 5.78 Å². The van der Waals surface area contributed by atoms with Crippen molar-refractivity contribution in [2.75, 3.05) is 0 Å². The number of carbonyl (C=O) groups excluding carboxylic acids is 1. The summed E-state index contributed by atoms with van der Waals surface area (Å²) in [5, 5.41) is 19.3. The van der Waals surface area contributed by atoms with Gasteiger partial charge in [0.2, 0.25) is 0 Å². The Morgan fingerprint density at radius 2 is 1.36 bits per heavy atom. The zero-order valence-electron chi connectivity index (χ0n) is 13.6. The number of carbonyl (C=O) groups is 1. The zero-order chi connectivity index (χ0) is 18.0. The summed E-state index contributed by atoms with van der Waals surface area (Å²) in [5.74, 6) is -1.58. The lowest BCUT2D eigenvalue weighted by Gasteiger charge is -2.05. The molecule has 0 saturated heterocycles. The molecule has 0 spiro atoms. The van der Waals surface area contributed by atoms with E-state index in [9.17, 15) is 19.8 Å². The largest absolute Gasteiger partial charge is 0.504 e. The van der Waals surface area contributed by atoms with E-state index in [2.05, 4.69) is 0 Å². The molecular weight excluding hydrogens is 316 g/mol. The minimum absolute atomic E-state index is 0.169. The van der Waals surface area contributed by atoms with Gasteiger partial charge in [0.25, 0.3) is 5.43 Å². The standard InChI is InChI=1S/C21H16O4/c1-13-11-18(22)21(25)19(23)12-17(13)20(24)16-9-7-15(8-10-16)14-5-3-2-4-6-14/h2-12H,1H3,(H2,22,23,25). The van der Waals surface area contributed by atoms with Crippen LogP contribution in [0, 0.1) is 6.92 Å². The van der Waals surface area contributed by atoms with Crippen molar-refractivity contribution in [3.8, 4) is 22.6 Å². The van der Waals surface area contributed by atoms with E-state index in [-0.39, 0.29) is 11.3 Å². The fraction of sp³-hybridized carbons (Fsp3) is 0.0476. The SMILES string of the molecule is Cc1cc(O)c(=O)c(O)cc1C(=O)c1ccc(-c2ccccc2)cc1. The predicted octanol–water partition coefficient (Wildman–Crippen LogP) is 3.66. The van der Waals surface area contributed by atoms with Crippen LogP contribution in [0.25, 0.3) is 11.1 Å². The molecule has 0 aliphatic rings. The van der Waals surface area contributed by atoms with Gasteiger partial charge in [0.1, 0.15) is 0 Å². The van der Waals surface area contributed by atoms with Gasteiger partial charge in [0.15, 0.2) is 17.3 Å². The van der Waals surface area contributed by atoms with E-state index in [1.165, 1.54) is 6.07 Å². The summed E-state index contributed by atoms with van der Waals surface area (Å²) >= 11 is 0. The average Bonchev–Trinajstić information content (AvgIpc) is 2.73.